The number of piperidine rings is 1. The van der Waals surface area contributed by atoms with E-state index >= 15 is 0 Å². The van der Waals surface area contributed by atoms with Gasteiger partial charge < -0.3 is 10.2 Å². The van der Waals surface area contributed by atoms with Crippen molar-refractivity contribution in [3.05, 3.63) is 58.9 Å². The number of nitrogens with one attached hydrogen (secondary N) is 1. The maximum Gasteiger partial charge on any atom is 0.0452 e. The molecule has 118 valence electrons. The van der Waals surface area contributed by atoms with E-state index in [-0.39, 0.29) is 0 Å². The molecule has 0 aliphatic carbocycles. The van der Waals surface area contributed by atoms with E-state index in [4.69, 9.17) is 0 Å². The minimum atomic E-state index is 0.594. The van der Waals surface area contributed by atoms with Crippen molar-refractivity contribution in [3.63, 3.8) is 0 Å². The summed E-state index contributed by atoms with van der Waals surface area (Å²) in [5.74, 6) is 0.623. The van der Waals surface area contributed by atoms with Crippen molar-refractivity contribution in [2.75, 3.05) is 25.5 Å². The maximum absolute atomic E-state index is 4.36. The molecule has 23 heavy (non-hydrogen) atoms. The molecular weight excluding hydrogens is 282 g/mol. The van der Waals surface area contributed by atoms with Gasteiger partial charge in [-0.1, -0.05) is 36.4 Å². The number of rotatable bonds is 2. The Hall–Kier alpha value is -2.13. The first-order valence-electron chi connectivity index (χ1n) is 8.39. The first-order chi connectivity index (χ1) is 11.2. The predicted molar refractivity (Wildman–Crippen MR) is 96.6 cm³/mol. The highest BCUT2D eigenvalue weighted by atomic mass is 15.1. The van der Waals surface area contributed by atoms with Gasteiger partial charge in [0.15, 0.2) is 0 Å². The molecule has 2 aliphatic rings. The van der Waals surface area contributed by atoms with Gasteiger partial charge in [0.2, 0.25) is 0 Å². The topological polar surface area (TPSA) is 28.2 Å². The number of nitrogens with zero attached hydrogens (tertiary/aromatic N) is 2. The van der Waals surface area contributed by atoms with Crippen LogP contribution in [0.1, 0.15) is 34.7 Å². The molecule has 2 atom stereocenters. The van der Waals surface area contributed by atoms with Gasteiger partial charge in [-0.25, -0.2) is 0 Å². The van der Waals surface area contributed by atoms with Crippen molar-refractivity contribution >= 4 is 17.8 Å². The van der Waals surface area contributed by atoms with Crippen LogP contribution in [0, 0.1) is 6.92 Å². The highest BCUT2D eigenvalue weighted by Gasteiger charge is 2.36. The number of likely N-dealkylation sites (N-methyl/N-ethyl adjacent to an activating group) is 1. The Balaban J connectivity index is 1.63. The second-order valence-corrected chi connectivity index (χ2v) is 6.79. The van der Waals surface area contributed by atoms with E-state index in [1.807, 2.05) is 13.1 Å². The molecule has 3 nitrogen and oxygen atoms in total. The summed E-state index contributed by atoms with van der Waals surface area (Å²) >= 11 is 0. The number of para-hydroxylation sites is 1. The molecule has 4 rings (SSSR count). The van der Waals surface area contributed by atoms with Gasteiger partial charge in [0, 0.05) is 36.1 Å². The van der Waals surface area contributed by atoms with Crippen molar-refractivity contribution in [3.8, 4) is 0 Å². The summed E-state index contributed by atoms with van der Waals surface area (Å²) in [6.07, 6.45) is 7.51. The SMILES string of the molecule is Cc1ccc(/C=C/c2cccc3c2N[C@@H]2CCN(C)C[C@H]32)cn1. The van der Waals surface area contributed by atoms with E-state index in [9.17, 15) is 0 Å². The lowest BCUT2D eigenvalue weighted by Gasteiger charge is -2.32. The molecule has 0 radical (unpaired) electrons. The van der Waals surface area contributed by atoms with Crippen LogP contribution >= 0.6 is 0 Å². The second-order valence-electron chi connectivity index (χ2n) is 6.79. The van der Waals surface area contributed by atoms with Crippen molar-refractivity contribution < 1.29 is 0 Å². The molecule has 0 unspecified atom stereocenters. The third-order valence-corrected chi connectivity index (χ3v) is 5.06. The fourth-order valence-corrected chi connectivity index (χ4v) is 3.76. The fraction of sp³-hybridized carbons (Fsp3) is 0.350. The minimum Gasteiger partial charge on any atom is -0.381 e. The van der Waals surface area contributed by atoms with Gasteiger partial charge in [0.05, 0.1) is 0 Å². The predicted octanol–water partition coefficient (Wildman–Crippen LogP) is 3.77. The van der Waals surface area contributed by atoms with E-state index in [0.717, 1.165) is 17.8 Å². The molecule has 0 bridgehead atoms. The molecule has 2 aliphatic heterocycles. The van der Waals surface area contributed by atoms with Gasteiger partial charge >= 0.3 is 0 Å². The number of pyridine rings is 1. The third-order valence-electron chi connectivity index (χ3n) is 5.06. The largest absolute Gasteiger partial charge is 0.381 e. The van der Waals surface area contributed by atoms with Gasteiger partial charge in [-0.2, -0.15) is 0 Å². The lowest BCUT2D eigenvalue weighted by Crippen LogP contribution is -2.39. The van der Waals surface area contributed by atoms with E-state index in [1.165, 1.54) is 29.8 Å². The third kappa shape index (κ3) is 2.77. The van der Waals surface area contributed by atoms with Gasteiger partial charge in [0.25, 0.3) is 0 Å². The molecule has 1 fully saturated rings. The summed E-state index contributed by atoms with van der Waals surface area (Å²) in [5.41, 5.74) is 6.28. The highest BCUT2D eigenvalue weighted by molar-refractivity contribution is 5.80. The average molecular weight is 305 g/mol. The second kappa shape index (κ2) is 5.82. The van der Waals surface area contributed by atoms with E-state index in [1.54, 1.807) is 0 Å². The molecule has 1 aromatic heterocycles. The number of likely N-dealkylation sites (tertiary alicyclic amines) is 1. The van der Waals surface area contributed by atoms with Crippen LogP contribution in [0.5, 0.6) is 0 Å². The quantitative estimate of drug-likeness (QED) is 0.915. The molecule has 1 saturated heterocycles. The van der Waals surface area contributed by atoms with Gasteiger partial charge in [-0.15, -0.1) is 0 Å². The van der Waals surface area contributed by atoms with Crippen LogP contribution in [-0.4, -0.2) is 36.1 Å². The standard InChI is InChI=1S/C20H23N3/c1-14-6-7-15(12-21-14)8-9-16-4-3-5-17-18-13-23(2)11-10-19(18)22-20(16)17/h3-9,12,18-19,22H,10-11,13H2,1-2H3/b9-8+/t18-,19-/m1/s1. The fourth-order valence-electron chi connectivity index (χ4n) is 3.76. The zero-order valence-corrected chi connectivity index (χ0v) is 13.8. The molecular formula is C20H23N3. The molecule has 0 amide bonds. The maximum atomic E-state index is 4.36. The van der Waals surface area contributed by atoms with Crippen LogP contribution < -0.4 is 5.32 Å². The number of anilines is 1. The highest BCUT2D eigenvalue weighted by Crippen LogP contribution is 2.42. The van der Waals surface area contributed by atoms with Crippen molar-refractivity contribution in [2.24, 2.45) is 0 Å². The van der Waals surface area contributed by atoms with Crippen molar-refractivity contribution in [1.82, 2.24) is 9.88 Å². The van der Waals surface area contributed by atoms with Crippen molar-refractivity contribution in [1.29, 1.82) is 0 Å². The van der Waals surface area contributed by atoms with Crippen LogP contribution in [0.3, 0.4) is 0 Å². The van der Waals surface area contributed by atoms with Crippen LogP contribution in [0.2, 0.25) is 0 Å². The molecule has 1 aromatic carbocycles. The first kappa shape index (κ1) is 14.5. The van der Waals surface area contributed by atoms with Crippen LogP contribution in [-0.2, 0) is 0 Å². The van der Waals surface area contributed by atoms with E-state index in [2.05, 4.69) is 64.7 Å². The van der Waals surface area contributed by atoms with E-state index < -0.39 is 0 Å². The molecule has 3 heteroatoms. The Morgan fingerprint density at radius 1 is 1.22 bits per heavy atom. The number of fused-ring (bicyclic) bond motifs is 3. The molecule has 0 spiro atoms. The van der Waals surface area contributed by atoms with Gasteiger partial charge in [-0.05, 0) is 49.7 Å². The molecule has 2 aromatic rings. The molecule has 0 saturated carbocycles. The first-order valence-corrected chi connectivity index (χ1v) is 8.39. The van der Waals surface area contributed by atoms with Gasteiger partial charge in [0.1, 0.15) is 0 Å². The summed E-state index contributed by atoms with van der Waals surface area (Å²) in [6, 6.07) is 11.4. The number of benzene rings is 1. The smallest absolute Gasteiger partial charge is 0.0452 e. The molecule has 3 heterocycles. The number of aryl methyl sites for hydroxylation is 1. The summed E-state index contributed by atoms with van der Waals surface area (Å²) in [7, 11) is 2.22. The van der Waals surface area contributed by atoms with Crippen LogP contribution in [0.4, 0.5) is 5.69 Å². The zero-order valence-electron chi connectivity index (χ0n) is 13.8. The Morgan fingerprint density at radius 3 is 2.96 bits per heavy atom. The summed E-state index contributed by atoms with van der Waals surface area (Å²) in [6.45, 7) is 4.35. The summed E-state index contributed by atoms with van der Waals surface area (Å²) < 4.78 is 0. The summed E-state index contributed by atoms with van der Waals surface area (Å²) in [4.78, 5) is 6.80. The van der Waals surface area contributed by atoms with Crippen LogP contribution in [0.15, 0.2) is 36.5 Å². The Kier molecular flexibility index (Phi) is 3.66. The zero-order chi connectivity index (χ0) is 15.8. The lowest BCUT2D eigenvalue weighted by molar-refractivity contribution is 0.243. The Labute approximate surface area is 138 Å². The lowest BCUT2D eigenvalue weighted by atomic mass is 9.89. The number of hydrogen-bond acceptors (Lipinski definition) is 3. The van der Waals surface area contributed by atoms with E-state index in [0.29, 0.717) is 12.0 Å². The minimum absolute atomic E-state index is 0.594. The normalized spacial score (nSPS) is 23.6. The molecule has 1 N–H and O–H groups in total. The Bertz CT molecular complexity index is 733. The number of aromatic nitrogens is 1. The van der Waals surface area contributed by atoms with Gasteiger partial charge in [-0.3, -0.25) is 4.98 Å². The average Bonchev–Trinajstić information content (AvgIpc) is 2.93. The number of hydrogen-bond donors (Lipinski definition) is 1. The summed E-state index contributed by atoms with van der Waals surface area (Å²) in [5, 5.41) is 3.78. The van der Waals surface area contributed by atoms with Crippen molar-refractivity contribution in [2.45, 2.75) is 25.3 Å². The van der Waals surface area contributed by atoms with Crippen LogP contribution in [0.25, 0.3) is 12.2 Å². The monoisotopic (exact) mass is 305 g/mol. The Morgan fingerprint density at radius 2 is 2.13 bits per heavy atom.